The summed E-state index contributed by atoms with van der Waals surface area (Å²) in [5.41, 5.74) is 0.963. The summed E-state index contributed by atoms with van der Waals surface area (Å²) >= 11 is 1.30. The molecule has 0 aliphatic carbocycles. The van der Waals surface area contributed by atoms with Crippen molar-refractivity contribution in [2.24, 2.45) is 0 Å². The summed E-state index contributed by atoms with van der Waals surface area (Å²) in [4.78, 5) is 18.1. The second-order valence-corrected chi connectivity index (χ2v) is 9.43. The number of aromatic nitrogens is 1. The number of carbonyl (C=O) groups excluding carboxylic acids is 1. The van der Waals surface area contributed by atoms with Crippen LogP contribution in [-0.2, 0) is 14.6 Å². The molecule has 0 N–H and O–H groups in total. The van der Waals surface area contributed by atoms with Crippen molar-refractivity contribution in [3.05, 3.63) is 24.0 Å². The fourth-order valence-electron chi connectivity index (χ4n) is 2.81. The van der Waals surface area contributed by atoms with Crippen LogP contribution in [-0.4, -0.2) is 54.6 Å². The SMILES string of the molecule is CN(C(=O)CCSc1nc2cc(F)ccc2o1)C1CCS(=O)(=O)CC1. The van der Waals surface area contributed by atoms with Crippen molar-refractivity contribution in [3.63, 3.8) is 0 Å². The first-order valence-corrected chi connectivity index (χ1v) is 10.8. The van der Waals surface area contributed by atoms with Crippen molar-refractivity contribution >= 4 is 38.6 Å². The van der Waals surface area contributed by atoms with Crippen molar-refractivity contribution in [3.8, 4) is 0 Å². The molecule has 136 valence electrons. The lowest BCUT2D eigenvalue weighted by molar-refractivity contribution is -0.131. The Balaban J connectivity index is 1.50. The predicted octanol–water partition coefficient (Wildman–Crippen LogP) is 2.48. The van der Waals surface area contributed by atoms with Gasteiger partial charge in [-0.2, -0.15) is 0 Å². The van der Waals surface area contributed by atoms with E-state index in [0.717, 1.165) is 0 Å². The molecule has 6 nitrogen and oxygen atoms in total. The Bertz CT molecular complexity index is 867. The van der Waals surface area contributed by atoms with Crippen LogP contribution in [0.2, 0.25) is 0 Å². The van der Waals surface area contributed by atoms with Crippen molar-refractivity contribution in [1.82, 2.24) is 9.88 Å². The molecule has 1 aromatic heterocycles. The van der Waals surface area contributed by atoms with Gasteiger partial charge in [0.05, 0.1) is 11.5 Å². The smallest absolute Gasteiger partial charge is 0.256 e. The number of fused-ring (bicyclic) bond motifs is 1. The number of hydrogen-bond acceptors (Lipinski definition) is 6. The third-order valence-electron chi connectivity index (χ3n) is 4.34. The Morgan fingerprint density at radius 2 is 2.12 bits per heavy atom. The molecule has 0 spiro atoms. The second kappa shape index (κ2) is 7.33. The molecule has 1 aromatic carbocycles. The standard InChI is InChI=1S/C16H19FN2O4S2/c1-19(12-5-8-25(21,22)9-6-12)15(20)4-7-24-16-18-13-10-11(17)2-3-14(13)23-16/h2-3,10,12H,4-9H2,1H3. The number of carbonyl (C=O) groups is 1. The van der Waals surface area contributed by atoms with E-state index in [9.17, 15) is 17.6 Å². The van der Waals surface area contributed by atoms with Crippen LogP contribution in [0.1, 0.15) is 19.3 Å². The monoisotopic (exact) mass is 386 g/mol. The molecular weight excluding hydrogens is 367 g/mol. The number of halogens is 1. The molecule has 1 amide bonds. The largest absolute Gasteiger partial charge is 0.431 e. The van der Waals surface area contributed by atoms with Crippen molar-refractivity contribution in [2.75, 3.05) is 24.3 Å². The van der Waals surface area contributed by atoms with Crippen LogP contribution in [0.3, 0.4) is 0 Å². The summed E-state index contributed by atoms with van der Waals surface area (Å²) in [7, 11) is -1.21. The van der Waals surface area contributed by atoms with E-state index in [0.29, 0.717) is 41.3 Å². The molecule has 1 aliphatic rings. The fourth-order valence-corrected chi connectivity index (χ4v) is 5.04. The molecule has 2 heterocycles. The van der Waals surface area contributed by atoms with Crippen molar-refractivity contribution < 1.29 is 22.0 Å². The molecule has 1 aliphatic heterocycles. The van der Waals surface area contributed by atoms with Gasteiger partial charge < -0.3 is 9.32 Å². The van der Waals surface area contributed by atoms with Gasteiger partial charge in [0, 0.05) is 31.3 Å². The number of hydrogen-bond donors (Lipinski definition) is 0. The normalized spacial score (nSPS) is 17.7. The van der Waals surface area contributed by atoms with Crippen LogP contribution in [0, 0.1) is 5.82 Å². The second-order valence-electron chi connectivity index (χ2n) is 6.08. The van der Waals surface area contributed by atoms with E-state index < -0.39 is 9.84 Å². The van der Waals surface area contributed by atoms with E-state index in [1.165, 1.54) is 30.0 Å². The van der Waals surface area contributed by atoms with Crippen LogP contribution in [0.5, 0.6) is 0 Å². The van der Waals surface area contributed by atoms with Gasteiger partial charge in [-0.15, -0.1) is 0 Å². The van der Waals surface area contributed by atoms with Gasteiger partial charge in [-0.3, -0.25) is 4.79 Å². The Morgan fingerprint density at radius 1 is 1.40 bits per heavy atom. The maximum atomic E-state index is 13.1. The lowest BCUT2D eigenvalue weighted by Gasteiger charge is -2.31. The lowest BCUT2D eigenvalue weighted by atomic mass is 10.1. The third-order valence-corrected chi connectivity index (χ3v) is 6.88. The van der Waals surface area contributed by atoms with Crippen molar-refractivity contribution in [2.45, 2.75) is 30.5 Å². The lowest BCUT2D eigenvalue weighted by Crippen LogP contribution is -2.42. The molecule has 0 bridgehead atoms. The number of nitrogens with zero attached hydrogens (tertiary/aromatic N) is 2. The number of sulfone groups is 1. The number of oxazole rings is 1. The maximum Gasteiger partial charge on any atom is 0.256 e. The zero-order chi connectivity index (χ0) is 18.0. The zero-order valence-corrected chi connectivity index (χ0v) is 15.4. The zero-order valence-electron chi connectivity index (χ0n) is 13.8. The molecule has 9 heteroatoms. The van der Waals surface area contributed by atoms with Crippen LogP contribution < -0.4 is 0 Å². The van der Waals surface area contributed by atoms with E-state index in [1.54, 1.807) is 11.9 Å². The molecule has 1 fully saturated rings. The molecule has 2 aromatic rings. The highest BCUT2D eigenvalue weighted by Gasteiger charge is 2.28. The van der Waals surface area contributed by atoms with E-state index in [1.807, 2.05) is 0 Å². The number of rotatable bonds is 5. The molecule has 25 heavy (non-hydrogen) atoms. The van der Waals surface area contributed by atoms with E-state index in [2.05, 4.69) is 4.98 Å². The quantitative estimate of drug-likeness (QED) is 0.735. The van der Waals surface area contributed by atoms with Gasteiger partial charge >= 0.3 is 0 Å². The highest BCUT2D eigenvalue weighted by Crippen LogP contribution is 2.25. The van der Waals surface area contributed by atoms with Gasteiger partial charge in [0.15, 0.2) is 5.58 Å². The number of amides is 1. The minimum atomic E-state index is -2.93. The molecular formula is C16H19FN2O4S2. The molecule has 1 saturated heterocycles. The van der Waals surface area contributed by atoms with Gasteiger partial charge in [-0.25, -0.2) is 17.8 Å². The van der Waals surface area contributed by atoms with Crippen LogP contribution in [0.25, 0.3) is 11.1 Å². The summed E-state index contributed by atoms with van der Waals surface area (Å²) in [5, 5.41) is 0.403. The number of benzene rings is 1. The van der Waals surface area contributed by atoms with Gasteiger partial charge in [0.2, 0.25) is 5.91 Å². The molecule has 0 saturated carbocycles. The average Bonchev–Trinajstić information content (AvgIpc) is 2.96. The summed E-state index contributed by atoms with van der Waals surface area (Å²) in [6, 6.07) is 4.12. The Hall–Kier alpha value is -1.61. The van der Waals surface area contributed by atoms with E-state index in [-0.39, 0.29) is 29.3 Å². The predicted molar refractivity (Wildman–Crippen MR) is 93.8 cm³/mol. The minimum Gasteiger partial charge on any atom is -0.431 e. The first-order valence-electron chi connectivity index (χ1n) is 7.99. The summed E-state index contributed by atoms with van der Waals surface area (Å²) < 4.78 is 41.6. The number of thioether (sulfide) groups is 1. The topological polar surface area (TPSA) is 80.5 Å². The maximum absolute atomic E-state index is 13.1. The molecule has 0 atom stereocenters. The van der Waals surface area contributed by atoms with Gasteiger partial charge in [-0.1, -0.05) is 11.8 Å². The Labute approximate surface area is 149 Å². The fraction of sp³-hybridized carbons (Fsp3) is 0.500. The third kappa shape index (κ3) is 4.52. The average molecular weight is 386 g/mol. The molecule has 0 unspecified atom stereocenters. The van der Waals surface area contributed by atoms with Crippen LogP contribution in [0.15, 0.2) is 27.8 Å². The summed E-state index contributed by atoms with van der Waals surface area (Å²) in [5.74, 6) is 0.374. The molecule has 3 rings (SSSR count). The van der Waals surface area contributed by atoms with Gasteiger partial charge in [0.25, 0.3) is 5.22 Å². The Kier molecular flexibility index (Phi) is 5.33. The van der Waals surface area contributed by atoms with E-state index in [4.69, 9.17) is 4.42 Å². The molecule has 0 radical (unpaired) electrons. The van der Waals surface area contributed by atoms with Crippen LogP contribution in [0.4, 0.5) is 4.39 Å². The van der Waals surface area contributed by atoms with Gasteiger partial charge in [-0.05, 0) is 25.0 Å². The van der Waals surface area contributed by atoms with E-state index >= 15 is 0 Å². The Morgan fingerprint density at radius 3 is 2.84 bits per heavy atom. The van der Waals surface area contributed by atoms with Crippen LogP contribution >= 0.6 is 11.8 Å². The summed E-state index contributed by atoms with van der Waals surface area (Å²) in [6.45, 7) is 0. The van der Waals surface area contributed by atoms with Gasteiger partial charge in [0.1, 0.15) is 21.2 Å². The first-order chi connectivity index (χ1) is 11.8. The highest BCUT2D eigenvalue weighted by atomic mass is 32.2. The first kappa shape index (κ1) is 18.2. The van der Waals surface area contributed by atoms with Crippen molar-refractivity contribution in [1.29, 1.82) is 0 Å². The highest BCUT2D eigenvalue weighted by molar-refractivity contribution is 7.99. The minimum absolute atomic E-state index is 0.0201. The summed E-state index contributed by atoms with van der Waals surface area (Å²) in [6.07, 6.45) is 1.29.